The standard InChI is InChI=1S/C14H22N2O2/c1-9-10(2)12(18-5)7-6-11(9)16-13(17)14(3,4)8-15/h6-7H,8,15H2,1-5H3,(H,16,17). The van der Waals surface area contributed by atoms with Gasteiger partial charge < -0.3 is 15.8 Å². The first kappa shape index (κ1) is 14.5. The van der Waals surface area contributed by atoms with Gasteiger partial charge in [0.2, 0.25) is 5.91 Å². The van der Waals surface area contributed by atoms with Crippen LogP contribution in [0, 0.1) is 19.3 Å². The summed E-state index contributed by atoms with van der Waals surface area (Å²) in [5, 5.41) is 2.92. The lowest BCUT2D eigenvalue weighted by Crippen LogP contribution is -2.37. The third-order valence-electron chi connectivity index (χ3n) is 3.33. The second kappa shape index (κ2) is 5.40. The van der Waals surface area contributed by atoms with E-state index in [1.54, 1.807) is 7.11 Å². The Morgan fingerprint density at radius 2 is 1.94 bits per heavy atom. The second-order valence-electron chi connectivity index (χ2n) is 5.11. The molecule has 100 valence electrons. The van der Waals surface area contributed by atoms with E-state index >= 15 is 0 Å². The van der Waals surface area contributed by atoms with Crippen molar-refractivity contribution in [3.8, 4) is 5.75 Å². The number of carbonyl (C=O) groups is 1. The lowest BCUT2D eigenvalue weighted by atomic mass is 9.92. The molecular formula is C14H22N2O2. The zero-order valence-electron chi connectivity index (χ0n) is 11.8. The highest BCUT2D eigenvalue weighted by atomic mass is 16.5. The van der Waals surface area contributed by atoms with Gasteiger partial charge in [0.05, 0.1) is 12.5 Å². The van der Waals surface area contributed by atoms with Crippen molar-refractivity contribution in [2.45, 2.75) is 27.7 Å². The summed E-state index contributed by atoms with van der Waals surface area (Å²) in [7, 11) is 1.64. The molecule has 0 unspecified atom stereocenters. The number of amides is 1. The number of ether oxygens (including phenoxy) is 1. The molecule has 0 heterocycles. The number of nitrogens with one attached hydrogen (secondary N) is 1. The predicted octanol–water partition coefficient (Wildman–Crippen LogP) is 2.24. The van der Waals surface area contributed by atoms with Gasteiger partial charge in [-0.1, -0.05) is 0 Å². The molecule has 0 aliphatic carbocycles. The summed E-state index contributed by atoms with van der Waals surface area (Å²) < 4.78 is 5.24. The molecule has 1 rings (SSSR count). The molecule has 0 saturated heterocycles. The maximum absolute atomic E-state index is 12.1. The zero-order chi connectivity index (χ0) is 13.9. The van der Waals surface area contributed by atoms with Gasteiger partial charge in [-0.25, -0.2) is 0 Å². The van der Waals surface area contributed by atoms with E-state index < -0.39 is 5.41 Å². The minimum atomic E-state index is -0.569. The molecule has 0 radical (unpaired) electrons. The van der Waals surface area contributed by atoms with Crippen LogP contribution in [0.4, 0.5) is 5.69 Å². The molecular weight excluding hydrogens is 228 g/mol. The molecule has 4 heteroatoms. The van der Waals surface area contributed by atoms with Crippen LogP contribution < -0.4 is 15.8 Å². The van der Waals surface area contributed by atoms with Gasteiger partial charge in [-0.15, -0.1) is 0 Å². The minimum absolute atomic E-state index is 0.0716. The molecule has 3 N–H and O–H groups in total. The highest BCUT2D eigenvalue weighted by molar-refractivity contribution is 5.95. The summed E-state index contributed by atoms with van der Waals surface area (Å²) in [5.41, 5.74) is 7.87. The molecule has 0 bridgehead atoms. The number of hydrogen-bond donors (Lipinski definition) is 2. The van der Waals surface area contributed by atoms with Gasteiger partial charge in [-0.3, -0.25) is 4.79 Å². The van der Waals surface area contributed by atoms with Crippen LogP contribution in [0.5, 0.6) is 5.75 Å². The van der Waals surface area contributed by atoms with E-state index in [1.165, 1.54) is 0 Å². The lowest BCUT2D eigenvalue weighted by molar-refractivity contribution is -0.123. The van der Waals surface area contributed by atoms with Gasteiger partial charge in [0, 0.05) is 12.2 Å². The Labute approximate surface area is 109 Å². The zero-order valence-corrected chi connectivity index (χ0v) is 11.8. The van der Waals surface area contributed by atoms with Gasteiger partial charge in [0.25, 0.3) is 0 Å². The third kappa shape index (κ3) is 2.82. The monoisotopic (exact) mass is 250 g/mol. The Morgan fingerprint density at radius 1 is 1.33 bits per heavy atom. The Kier molecular flexibility index (Phi) is 4.35. The van der Waals surface area contributed by atoms with Crippen molar-refractivity contribution in [3.05, 3.63) is 23.3 Å². The van der Waals surface area contributed by atoms with Crippen molar-refractivity contribution >= 4 is 11.6 Å². The van der Waals surface area contributed by atoms with Gasteiger partial charge in [0.1, 0.15) is 5.75 Å². The molecule has 0 spiro atoms. The van der Waals surface area contributed by atoms with E-state index in [4.69, 9.17) is 10.5 Å². The number of hydrogen-bond acceptors (Lipinski definition) is 3. The molecule has 4 nitrogen and oxygen atoms in total. The summed E-state index contributed by atoms with van der Waals surface area (Å²) in [4.78, 5) is 12.1. The maximum atomic E-state index is 12.1. The maximum Gasteiger partial charge on any atom is 0.231 e. The Hall–Kier alpha value is -1.55. The van der Waals surface area contributed by atoms with Crippen molar-refractivity contribution in [1.29, 1.82) is 0 Å². The molecule has 18 heavy (non-hydrogen) atoms. The van der Waals surface area contributed by atoms with Crippen LogP contribution in [0.15, 0.2) is 12.1 Å². The summed E-state index contributed by atoms with van der Waals surface area (Å²) >= 11 is 0. The number of anilines is 1. The molecule has 1 aromatic carbocycles. The van der Waals surface area contributed by atoms with E-state index in [1.807, 2.05) is 39.8 Å². The SMILES string of the molecule is COc1ccc(NC(=O)C(C)(C)CN)c(C)c1C. The second-order valence-corrected chi connectivity index (χ2v) is 5.11. The van der Waals surface area contributed by atoms with E-state index in [9.17, 15) is 4.79 Å². The minimum Gasteiger partial charge on any atom is -0.496 e. The number of carbonyl (C=O) groups excluding carboxylic acids is 1. The van der Waals surface area contributed by atoms with Crippen LogP contribution >= 0.6 is 0 Å². The van der Waals surface area contributed by atoms with Crippen molar-refractivity contribution < 1.29 is 9.53 Å². The van der Waals surface area contributed by atoms with Gasteiger partial charge >= 0.3 is 0 Å². The average Bonchev–Trinajstić information content (AvgIpc) is 2.35. The van der Waals surface area contributed by atoms with E-state index in [0.29, 0.717) is 6.54 Å². The Balaban J connectivity index is 3.00. The largest absolute Gasteiger partial charge is 0.496 e. The van der Waals surface area contributed by atoms with Crippen LogP contribution in [-0.2, 0) is 4.79 Å². The number of nitrogens with two attached hydrogens (primary N) is 1. The molecule has 0 fully saturated rings. The molecule has 0 aliphatic heterocycles. The van der Waals surface area contributed by atoms with Gasteiger partial charge in [-0.05, 0) is 51.0 Å². The van der Waals surface area contributed by atoms with Crippen LogP contribution in [0.1, 0.15) is 25.0 Å². The third-order valence-corrected chi connectivity index (χ3v) is 3.33. The molecule has 1 aromatic rings. The molecule has 0 saturated carbocycles. The van der Waals surface area contributed by atoms with E-state index in [0.717, 1.165) is 22.6 Å². The molecule has 0 aromatic heterocycles. The lowest BCUT2D eigenvalue weighted by Gasteiger charge is -2.22. The highest BCUT2D eigenvalue weighted by Crippen LogP contribution is 2.28. The van der Waals surface area contributed by atoms with E-state index in [-0.39, 0.29) is 5.91 Å². The first-order chi connectivity index (χ1) is 8.33. The van der Waals surface area contributed by atoms with Crippen molar-refractivity contribution in [2.75, 3.05) is 19.0 Å². The molecule has 0 atom stereocenters. The first-order valence-corrected chi connectivity index (χ1v) is 5.99. The van der Waals surface area contributed by atoms with Crippen molar-refractivity contribution in [3.63, 3.8) is 0 Å². The quantitative estimate of drug-likeness (QED) is 0.861. The van der Waals surface area contributed by atoms with Crippen molar-refractivity contribution in [1.82, 2.24) is 0 Å². The molecule has 1 amide bonds. The summed E-state index contributed by atoms with van der Waals surface area (Å²) in [6.45, 7) is 7.90. The number of methoxy groups -OCH3 is 1. The number of rotatable bonds is 4. The first-order valence-electron chi connectivity index (χ1n) is 5.99. The van der Waals surface area contributed by atoms with Gasteiger partial charge in [0.15, 0.2) is 0 Å². The van der Waals surface area contributed by atoms with Crippen molar-refractivity contribution in [2.24, 2.45) is 11.1 Å². The van der Waals surface area contributed by atoms with Crippen LogP contribution in [-0.4, -0.2) is 19.6 Å². The van der Waals surface area contributed by atoms with Gasteiger partial charge in [-0.2, -0.15) is 0 Å². The fraction of sp³-hybridized carbons (Fsp3) is 0.500. The van der Waals surface area contributed by atoms with E-state index in [2.05, 4.69) is 5.32 Å². The summed E-state index contributed by atoms with van der Waals surface area (Å²) in [6.07, 6.45) is 0. The highest BCUT2D eigenvalue weighted by Gasteiger charge is 2.26. The molecule has 0 aliphatic rings. The average molecular weight is 250 g/mol. The number of benzene rings is 1. The smallest absolute Gasteiger partial charge is 0.231 e. The fourth-order valence-corrected chi connectivity index (χ4v) is 1.54. The topological polar surface area (TPSA) is 64.3 Å². The summed E-state index contributed by atoms with van der Waals surface area (Å²) in [5.74, 6) is 0.751. The van der Waals surface area contributed by atoms with Crippen LogP contribution in [0.3, 0.4) is 0 Å². The Bertz CT molecular complexity index is 453. The van der Waals surface area contributed by atoms with Crippen LogP contribution in [0.2, 0.25) is 0 Å². The van der Waals surface area contributed by atoms with Crippen LogP contribution in [0.25, 0.3) is 0 Å². The summed E-state index contributed by atoms with van der Waals surface area (Å²) in [6, 6.07) is 3.71. The normalized spacial score (nSPS) is 11.2. The fourth-order valence-electron chi connectivity index (χ4n) is 1.54. The Morgan fingerprint density at radius 3 is 2.44 bits per heavy atom. The predicted molar refractivity (Wildman–Crippen MR) is 73.9 cm³/mol.